The van der Waals surface area contributed by atoms with E-state index in [0.717, 1.165) is 60.7 Å². The van der Waals surface area contributed by atoms with Crippen molar-refractivity contribution >= 4 is 32.6 Å². The molecule has 32 heavy (non-hydrogen) atoms. The van der Waals surface area contributed by atoms with Crippen molar-refractivity contribution < 1.29 is 22.7 Å². The van der Waals surface area contributed by atoms with Gasteiger partial charge in [-0.05, 0) is 50.2 Å². The Labute approximate surface area is 189 Å². The van der Waals surface area contributed by atoms with Crippen molar-refractivity contribution in [3.8, 4) is 0 Å². The second-order valence-electron chi connectivity index (χ2n) is 8.71. The maximum absolute atomic E-state index is 13.2. The zero-order valence-electron chi connectivity index (χ0n) is 18.5. The van der Waals surface area contributed by atoms with Crippen molar-refractivity contribution in [2.45, 2.75) is 57.9 Å². The second kappa shape index (κ2) is 9.57. The number of fused-ring (bicyclic) bond motifs is 2. The molecule has 0 spiro atoms. The average molecular weight is 459 g/mol. The number of rotatable bonds is 7. The van der Waals surface area contributed by atoms with Gasteiger partial charge in [0, 0.05) is 23.7 Å². The Balaban J connectivity index is 1.54. The Morgan fingerprint density at radius 2 is 1.97 bits per heavy atom. The van der Waals surface area contributed by atoms with Gasteiger partial charge in [0.1, 0.15) is 0 Å². The summed E-state index contributed by atoms with van der Waals surface area (Å²) >= 11 is 0. The van der Waals surface area contributed by atoms with Gasteiger partial charge in [0.05, 0.1) is 22.6 Å². The molecule has 8 heteroatoms. The van der Waals surface area contributed by atoms with Crippen LogP contribution in [0, 0.1) is 0 Å². The molecule has 4 rings (SSSR count). The van der Waals surface area contributed by atoms with Crippen LogP contribution in [0.2, 0.25) is 0 Å². The number of unbranched alkanes of at least 4 members (excludes halogenated alkanes) is 1. The van der Waals surface area contributed by atoms with Gasteiger partial charge in [-0.1, -0.05) is 31.5 Å². The second-order valence-corrected chi connectivity index (χ2v) is 10.9. The third kappa shape index (κ3) is 4.80. The van der Waals surface area contributed by atoms with Gasteiger partial charge in [-0.15, -0.1) is 0 Å². The molecule has 1 aromatic heterocycles. The minimum Gasteiger partial charge on any atom is -0.452 e. The molecule has 1 unspecified atom stereocenters. The molecule has 0 bridgehead atoms. The van der Waals surface area contributed by atoms with Crippen LogP contribution in [0.4, 0.5) is 0 Å². The number of aromatic nitrogens is 1. The lowest BCUT2D eigenvalue weighted by atomic mass is 9.90. The monoisotopic (exact) mass is 458 g/mol. The number of esters is 1. The molecule has 1 amide bonds. The summed E-state index contributed by atoms with van der Waals surface area (Å²) in [5.41, 5.74) is 3.14. The number of carbonyl (C=O) groups excluding carboxylic acids is 2. The summed E-state index contributed by atoms with van der Waals surface area (Å²) in [6, 6.07) is 7.18. The summed E-state index contributed by atoms with van der Waals surface area (Å²) in [5, 5.41) is 0.746. The number of hydrogen-bond donors (Lipinski definition) is 0. The molecule has 0 radical (unpaired) electrons. The van der Waals surface area contributed by atoms with E-state index >= 15 is 0 Å². The van der Waals surface area contributed by atoms with E-state index in [1.165, 1.54) is 0 Å². The van der Waals surface area contributed by atoms with Crippen molar-refractivity contribution in [3.63, 3.8) is 0 Å². The number of carbonyl (C=O) groups is 2. The van der Waals surface area contributed by atoms with Crippen LogP contribution in [-0.4, -0.2) is 60.9 Å². The molecule has 172 valence electrons. The summed E-state index contributed by atoms with van der Waals surface area (Å²) in [4.78, 5) is 32.5. The highest BCUT2D eigenvalue weighted by Crippen LogP contribution is 2.30. The Morgan fingerprint density at radius 3 is 2.72 bits per heavy atom. The van der Waals surface area contributed by atoms with Gasteiger partial charge in [0.2, 0.25) is 0 Å². The number of benzene rings is 1. The number of sulfone groups is 1. The lowest BCUT2D eigenvalue weighted by molar-refractivity contribution is -0.136. The molecule has 1 atom stereocenters. The maximum atomic E-state index is 13.2. The molecular formula is C24H30N2O5S. The minimum absolute atomic E-state index is 0.0150. The maximum Gasteiger partial charge on any atom is 0.339 e. The smallest absolute Gasteiger partial charge is 0.339 e. The van der Waals surface area contributed by atoms with E-state index in [-0.39, 0.29) is 30.1 Å². The lowest BCUT2D eigenvalue weighted by Crippen LogP contribution is -2.44. The summed E-state index contributed by atoms with van der Waals surface area (Å²) in [6.07, 6.45) is 5.74. The number of ether oxygens (including phenoxy) is 1. The molecule has 2 aliphatic rings. The summed E-state index contributed by atoms with van der Waals surface area (Å²) in [6.45, 7) is 2.11. The third-order valence-corrected chi connectivity index (χ3v) is 8.17. The molecule has 2 heterocycles. The molecule has 1 aliphatic carbocycles. The Bertz CT molecular complexity index is 1130. The van der Waals surface area contributed by atoms with Crippen molar-refractivity contribution in [3.05, 3.63) is 41.1 Å². The van der Waals surface area contributed by atoms with E-state index in [9.17, 15) is 18.0 Å². The van der Waals surface area contributed by atoms with Crippen molar-refractivity contribution in [2.24, 2.45) is 0 Å². The molecule has 2 aromatic rings. The zero-order valence-corrected chi connectivity index (χ0v) is 19.3. The molecule has 1 fully saturated rings. The third-order valence-electron chi connectivity index (χ3n) is 6.42. The van der Waals surface area contributed by atoms with E-state index in [4.69, 9.17) is 9.72 Å². The molecule has 1 aliphatic heterocycles. The van der Waals surface area contributed by atoms with Crippen LogP contribution in [0.15, 0.2) is 24.3 Å². The highest BCUT2D eigenvalue weighted by atomic mass is 32.2. The molecule has 0 N–H and O–H groups in total. The van der Waals surface area contributed by atoms with E-state index in [1.807, 2.05) is 31.2 Å². The average Bonchev–Trinajstić information content (AvgIpc) is 3.15. The molecular weight excluding hydrogens is 428 g/mol. The summed E-state index contributed by atoms with van der Waals surface area (Å²) in [5.74, 6) is -0.757. The first kappa shape index (κ1) is 22.7. The topological polar surface area (TPSA) is 93.6 Å². The fourth-order valence-corrected chi connectivity index (χ4v) is 6.48. The summed E-state index contributed by atoms with van der Waals surface area (Å²) < 4.78 is 29.4. The first-order chi connectivity index (χ1) is 15.4. The van der Waals surface area contributed by atoms with Crippen LogP contribution < -0.4 is 0 Å². The Morgan fingerprint density at radius 1 is 1.19 bits per heavy atom. The highest BCUT2D eigenvalue weighted by molar-refractivity contribution is 7.91. The number of amides is 1. The van der Waals surface area contributed by atoms with Crippen molar-refractivity contribution in [1.29, 1.82) is 0 Å². The predicted octanol–water partition coefficient (Wildman–Crippen LogP) is 3.09. The van der Waals surface area contributed by atoms with Crippen molar-refractivity contribution in [2.75, 3.05) is 24.7 Å². The van der Waals surface area contributed by atoms with Crippen molar-refractivity contribution in [1.82, 2.24) is 9.88 Å². The van der Waals surface area contributed by atoms with Crippen LogP contribution in [0.3, 0.4) is 0 Å². The SMILES string of the molecule is CCCCN(C(=O)COC(=O)c1c2c(nc3ccccc13)CCCC2)C1CCS(=O)(=O)C1. The lowest BCUT2D eigenvalue weighted by Gasteiger charge is -2.28. The number of para-hydroxylation sites is 1. The normalized spacial score (nSPS) is 19.5. The van der Waals surface area contributed by atoms with Gasteiger partial charge in [-0.3, -0.25) is 9.78 Å². The van der Waals surface area contributed by atoms with E-state index in [2.05, 4.69) is 0 Å². The van der Waals surface area contributed by atoms with Gasteiger partial charge < -0.3 is 9.64 Å². The Kier molecular flexibility index (Phi) is 6.79. The van der Waals surface area contributed by atoms with Crippen LogP contribution in [0.5, 0.6) is 0 Å². The van der Waals surface area contributed by atoms with Gasteiger partial charge in [0.15, 0.2) is 16.4 Å². The number of nitrogens with zero attached hydrogens (tertiary/aromatic N) is 2. The van der Waals surface area contributed by atoms with Crippen LogP contribution in [-0.2, 0) is 32.2 Å². The first-order valence-electron chi connectivity index (χ1n) is 11.5. The largest absolute Gasteiger partial charge is 0.452 e. The quantitative estimate of drug-likeness (QED) is 0.592. The van der Waals surface area contributed by atoms with Gasteiger partial charge in [-0.2, -0.15) is 0 Å². The first-order valence-corrected chi connectivity index (χ1v) is 13.3. The number of pyridine rings is 1. The number of hydrogen-bond acceptors (Lipinski definition) is 6. The van der Waals surface area contributed by atoms with Gasteiger partial charge in [-0.25, -0.2) is 13.2 Å². The minimum atomic E-state index is -3.12. The van der Waals surface area contributed by atoms with E-state index in [0.29, 0.717) is 18.5 Å². The van der Waals surface area contributed by atoms with Gasteiger partial charge >= 0.3 is 5.97 Å². The van der Waals surface area contributed by atoms with Gasteiger partial charge in [0.25, 0.3) is 5.91 Å². The van der Waals surface area contributed by atoms with E-state index < -0.39 is 15.8 Å². The zero-order chi connectivity index (χ0) is 22.7. The van der Waals surface area contributed by atoms with Crippen LogP contribution >= 0.6 is 0 Å². The predicted molar refractivity (Wildman–Crippen MR) is 122 cm³/mol. The molecule has 0 saturated carbocycles. The molecule has 7 nitrogen and oxygen atoms in total. The van der Waals surface area contributed by atoms with E-state index in [1.54, 1.807) is 4.90 Å². The number of aryl methyl sites for hydroxylation is 1. The highest BCUT2D eigenvalue weighted by Gasteiger charge is 2.35. The molecule has 1 aromatic carbocycles. The van der Waals surface area contributed by atoms with Crippen LogP contribution in [0.1, 0.15) is 60.6 Å². The Hall–Kier alpha value is -2.48. The fourth-order valence-electron chi connectivity index (χ4n) is 4.75. The fraction of sp³-hybridized carbons (Fsp3) is 0.542. The van der Waals surface area contributed by atoms with Crippen LogP contribution in [0.25, 0.3) is 10.9 Å². The summed E-state index contributed by atoms with van der Waals surface area (Å²) in [7, 11) is -3.12. The standard InChI is InChI=1S/C24H30N2O5S/c1-2-3-13-26(17-12-14-32(29,30)16-17)22(27)15-31-24(28)23-18-8-4-6-10-20(18)25-21-11-7-5-9-19(21)23/h4,6,8,10,17H,2-3,5,7,9,11-16H2,1H3. The molecule has 1 saturated heterocycles.